The van der Waals surface area contributed by atoms with E-state index in [2.05, 4.69) is 21.5 Å². The van der Waals surface area contributed by atoms with Crippen LogP contribution in [0.2, 0.25) is 0 Å². The number of carbonyl (C=O) groups is 2. The molecule has 4 aromatic carbocycles. The number of rotatable bonds is 32. The highest BCUT2D eigenvalue weighted by atomic mass is 16.6. The molecule has 412 valence electrons. The maximum Gasteiger partial charge on any atom is 0.410 e. The molecule has 0 bridgehead atoms. The van der Waals surface area contributed by atoms with E-state index < -0.39 is 11.2 Å². The summed E-state index contributed by atoms with van der Waals surface area (Å²) in [4.78, 5) is 32.6. The van der Waals surface area contributed by atoms with Gasteiger partial charge in [-0.15, -0.1) is 0 Å². The van der Waals surface area contributed by atoms with Crippen molar-refractivity contribution in [1.82, 2.24) is 20.4 Å². The van der Waals surface area contributed by atoms with E-state index in [-0.39, 0.29) is 23.9 Å². The molecule has 0 radical (unpaired) electrons. The van der Waals surface area contributed by atoms with Gasteiger partial charge in [-0.25, -0.2) is 14.4 Å². The number of carbonyl (C=O) groups excluding carboxylic acids is 2. The predicted molar refractivity (Wildman–Crippen MR) is 299 cm³/mol. The van der Waals surface area contributed by atoms with Crippen LogP contribution in [0.15, 0.2) is 97.1 Å². The van der Waals surface area contributed by atoms with E-state index in [1.54, 1.807) is 82.6 Å². The zero-order chi connectivity index (χ0) is 55.6. The number of amides is 2. The predicted octanol–water partition coefficient (Wildman–Crippen LogP) is 10.1. The lowest BCUT2D eigenvalue weighted by molar-refractivity contribution is 0.0201. The number of amidine groups is 2. The second-order valence-electron chi connectivity index (χ2n) is 19.8. The molecule has 2 amide bonds. The highest BCUT2D eigenvalue weighted by molar-refractivity contribution is 5.95. The Morgan fingerprint density at radius 1 is 0.526 bits per heavy atom. The zero-order valence-corrected chi connectivity index (χ0v) is 45.6. The van der Waals surface area contributed by atoms with Gasteiger partial charge in [0.2, 0.25) is 0 Å². The van der Waals surface area contributed by atoms with Crippen LogP contribution in [0, 0.1) is 28.7 Å². The average Bonchev–Trinajstić information content (AvgIpc) is 3.38. The van der Waals surface area contributed by atoms with Crippen LogP contribution in [0.25, 0.3) is 4.85 Å². The highest BCUT2D eigenvalue weighted by Crippen LogP contribution is 2.20. The maximum absolute atomic E-state index is 12.9. The Kier molecular flexibility index (Phi) is 28.8. The molecule has 0 saturated carbocycles. The summed E-state index contributed by atoms with van der Waals surface area (Å²) in [6.45, 7) is 25.9. The van der Waals surface area contributed by atoms with Gasteiger partial charge in [0.15, 0.2) is 5.69 Å². The number of nitrogens with zero attached hydrogens (tertiary/aromatic N) is 4. The smallest absolute Gasteiger partial charge is 0.410 e. The summed E-state index contributed by atoms with van der Waals surface area (Å²) in [7, 11) is 0. The first-order valence-electron chi connectivity index (χ1n) is 26.1. The van der Waals surface area contributed by atoms with Crippen molar-refractivity contribution in [3.8, 4) is 29.1 Å². The van der Waals surface area contributed by atoms with E-state index in [1.165, 1.54) is 0 Å². The van der Waals surface area contributed by atoms with Crippen molar-refractivity contribution in [1.29, 1.82) is 16.1 Å². The van der Waals surface area contributed by atoms with Gasteiger partial charge in [0.05, 0.1) is 44.6 Å². The topological polar surface area (TPSA) is 248 Å². The molecule has 4 rings (SSSR count). The molecule has 0 fully saturated rings. The van der Waals surface area contributed by atoms with Gasteiger partial charge in [-0.1, -0.05) is 12.1 Å². The van der Waals surface area contributed by atoms with Crippen LogP contribution < -0.4 is 41.0 Å². The zero-order valence-electron chi connectivity index (χ0n) is 45.6. The summed E-state index contributed by atoms with van der Waals surface area (Å²) in [5.41, 5.74) is 12.2. The Morgan fingerprint density at radius 3 is 1.17 bits per heavy atom. The highest BCUT2D eigenvalue weighted by Gasteiger charge is 2.24. The van der Waals surface area contributed by atoms with E-state index in [1.807, 2.05) is 65.8 Å². The molecule has 8 N–H and O–H groups in total. The molecular formula is C58H82N10O8. The molecule has 0 aliphatic heterocycles. The fourth-order valence-electron chi connectivity index (χ4n) is 6.97. The van der Waals surface area contributed by atoms with E-state index in [0.29, 0.717) is 112 Å². The number of nitrogen functional groups attached to an aromatic ring is 2. The summed E-state index contributed by atoms with van der Waals surface area (Å²) >= 11 is 0. The van der Waals surface area contributed by atoms with Crippen LogP contribution in [0.5, 0.6) is 23.0 Å². The van der Waals surface area contributed by atoms with Crippen molar-refractivity contribution in [2.75, 3.05) is 78.8 Å². The standard InChI is InChI=1S/C34H46N4O6.C24H36N6O2/c1-33(2,3)43-31(39)37(22-10-24-41-29-16-12-27(26-35)13-17-29)20-8-9-21-38(32(40)44-34(4,5)6)23-11-25-42-30-18-14-28(36-7)15-19-30;25-23(26)19-5-9-21(10-6-19)31-17-3-15-29-13-1-2-14-30-16-4-18-32-22-11-7-20(8-12-22)24(27)28/h12-19H,8-11,20-25H2,1-6H3;5-12,29-30H,1-4,13-18H2,(H3,25,26)(H3,27,28). The number of nitrogens with two attached hydrogens (primary N) is 2. The molecule has 18 nitrogen and oxygen atoms in total. The fourth-order valence-corrected chi connectivity index (χ4v) is 6.97. The summed E-state index contributed by atoms with van der Waals surface area (Å²) in [5, 5.41) is 30.6. The number of nitriles is 1. The van der Waals surface area contributed by atoms with Gasteiger partial charge in [0.25, 0.3) is 0 Å². The lowest BCUT2D eigenvalue weighted by Gasteiger charge is -2.29. The molecule has 0 unspecified atom stereocenters. The lowest BCUT2D eigenvalue weighted by atomic mass is 10.2. The van der Waals surface area contributed by atoms with Gasteiger partial charge < -0.3 is 60.3 Å². The number of hydrogen-bond acceptors (Lipinski definition) is 13. The van der Waals surface area contributed by atoms with Crippen molar-refractivity contribution in [3.05, 3.63) is 125 Å². The molecular weight excluding hydrogens is 965 g/mol. The number of nitrogens with one attached hydrogen (secondary N) is 4. The summed E-state index contributed by atoms with van der Waals surface area (Å²) in [6.07, 6.45) is 5.94. The normalized spacial score (nSPS) is 10.9. The number of benzene rings is 4. The van der Waals surface area contributed by atoms with Gasteiger partial charge in [0, 0.05) is 37.3 Å². The Hall–Kier alpha value is -7.54. The first-order valence-corrected chi connectivity index (χ1v) is 26.1. The van der Waals surface area contributed by atoms with Gasteiger partial charge in [-0.2, -0.15) is 5.26 Å². The number of ether oxygens (including phenoxy) is 6. The minimum atomic E-state index is -0.622. The van der Waals surface area contributed by atoms with Crippen LogP contribution in [-0.2, 0) is 9.47 Å². The van der Waals surface area contributed by atoms with Crippen molar-refractivity contribution >= 4 is 29.5 Å². The second-order valence-corrected chi connectivity index (χ2v) is 19.8. The molecule has 0 heterocycles. The fraction of sp³-hybridized carbons (Fsp3) is 0.483. The van der Waals surface area contributed by atoms with Crippen LogP contribution >= 0.6 is 0 Å². The Bertz CT molecular complexity index is 2220. The first-order chi connectivity index (χ1) is 36.3. The van der Waals surface area contributed by atoms with Crippen LogP contribution in [0.1, 0.15) is 110 Å². The van der Waals surface area contributed by atoms with Crippen molar-refractivity contribution < 1.29 is 38.0 Å². The minimum absolute atomic E-state index is 0.0684. The molecule has 0 saturated heterocycles. The van der Waals surface area contributed by atoms with E-state index >= 15 is 0 Å². The molecule has 0 aromatic heterocycles. The van der Waals surface area contributed by atoms with Crippen LogP contribution in [0.4, 0.5) is 15.3 Å². The first kappa shape index (κ1) is 62.8. The van der Waals surface area contributed by atoms with Crippen molar-refractivity contribution in [2.24, 2.45) is 11.5 Å². The molecule has 0 aliphatic carbocycles. The maximum atomic E-state index is 12.9. The summed E-state index contributed by atoms with van der Waals surface area (Å²) < 4.78 is 34.2. The van der Waals surface area contributed by atoms with E-state index in [4.69, 9.17) is 62.5 Å². The van der Waals surface area contributed by atoms with E-state index in [9.17, 15) is 9.59 Å². The molecule has 76 heavy (non-hydrogen) atoms. The second kappa shape index (κ2) is 34.9. The molecule has 0 spiro atoms. The monoisotopic (exact) mass is 1050 g/mol. The summed E-state index contributed by atoms with van der Waals surface area (Å²) in [5.74, 6) is 3.08. The van der Waals surface area contributed by atoms with Gasteiger partial charge in [-0.05, 0) is 204 Å². The number of unbranched alkanes of at least 4 members (excludes halogenated alkanes) is 2. The summed E-state index contributed by atoms with van der Waals surface area (Å²) in [6, 6.07) is 30.5. The molecule has 4 aromatic rings. The lowest BCUT2D eigenvalue weighted by Crippen LogP contribution is -2.40. The molecule has 0 aliphatic rings. The van der Waals surface area contributed by atoms with E-state index in [0.717, 1.165) is 63.4 Å². The Balaban J connectivity index is 0.000000420. The average molecular weight is 1050 g/mol. The third-order valence-electron chi connectivity index (χ3n) is 10.9. The SMILES string of the molecule is N=C(N)c1ccc(OCCCNCCCCNCCCOc2ccc(C(=N)N)cc2)cc1.[C-]#[N+]c1ccc(OCCCN(CCCCN(CCCOc2ccc(C#N)cc2)C(=O)OC(C)(C)C)C(=O)OC(C)(C)C)cc1. The third kappa shape index (κ3) is 28.2. The minimum Gasteiger partial charge on any atom is -0.494 e. The van der Waals surface area contributed by atoms with Crippen LogP contribution in [-0.4, -0.2) is 124 Å². The molecule has 18 heteroatoms. The number of hydrogen-bond donors (Lipinski definition) is 6. The van der Waals surface area contributed by atoms with Crippen LogP contribution in [0.3, 0.4) is 0 Å². The van der Waals surface area contributed by atoms with Gasteiger partial charge in [-0.3, -0.25) is 10.8 Å². The Morgan fingerprint density at radius 2 is 0.842 bits per heavy atom. The Labute approximate surface area is 451 Å². The third-order valence-corrected chi connectivity index (χ3v) is 10.9. The van der Waals surface area contributed by atoms with Gasteiger partial charge in [0.1, 0.15) is 45.9 Å². The van der Waals surface area contributed by atoms with Crippen molar-refractivity contribution in [2.45, 2.75) is 104 Å². The largest absolute Gasteiger partial charge is 0.494 e. The van der Waals surface area contributed by atoms with Gasteiger partial charge >= 0.3 is 12.2 Å². The molecule has 0 atom stereocenters. The quantitative estimate of drug-likeness (QED) is 0.0115. The van der Waals surface area contributed by atoms with Crippen molar-refractivity contribution in [3.63, 3.8) is 0 Å².